The maximum absolute atomic E-state index is 12.8. The smallest absolute Gasteiger partial charge is 0.325 e. The van der Waals surface area contributed by atoms with Crippen LogP contribution >= 0.6 is 7.60 Å². The maximum atomic E-state index is 12.8. The molecule has 0 bridgehead atoms. The van der Waals surface area contributed by atoms with E-state index in [2.05, 4.69) is 10.6 Å². The van der Waals surface area contributed by atoms with Gasteiger partial charge in [-0.15, -0.1) is 0 Å². The molecule has 2 aromatic rings. The molecule has 1 amide bonds. The van der Waals surface area contributed by atoms with Crippen molar-refractivity contribution in [1.29, 1.82) is 0 Å². The van der Waals surface area contributed by atoms with Gasteiger partial charge in [-0.25, -0.2) is 0 Å². The van der Waals surface area contributed by atoms with Crippen LogP contribution in [-0.2, 0) is 26.9 Å². The van der Waals surface area contributed by atoms with Crippen molar-refractivity contribution in [3.8, 4) is 0 Å². The van der Waals surface area contributed by atoms with Gasteiger partial charge in [-0.2, -0.15) is 0 Å². The van der Waals surface area contributed by atoms with Crippen LogP contribution < -0.4 is 16.4 Å². The summed E-state index contributed by atoms with van der Waals surface area (Å²) in [4.78, 5) is 43.8. The Balaban J connectivity index is 1.54. The number of benzene rings is 2. The summed E-state index contributed by atoms with van der Waals surface area (Å²) in [7, 11) is -4.09. The predicted octanol–water partition coefficient (Wildman–Crippen LogP) is 1.80. The lowest BCUT2D eigenvalue weighted by molar-refractivity contribution is -0.123. The van der Waals surface area contributed by atoms with E-state index in [9.17, 15) is 23.9 Å². The number of hydrogen-bond acceptors (Lipinski definition) is 6. The molecule has 3 atom stereocenters. The molecule has 0 aromatic heterocycles. The summed E-state index contributed by atoms with van der Waals surface area (Å²) >= 11 is 0. The minimum Gasteiger partial charge on any atom is -0.367 e. The van der Waals surface area contributed by atoms with Gasteiger partial charge in [0.15, 0.2) is 5.78 Å². The molecule has 9 nitrogen and oxygen atoms in total. The zero-order chi connectivity index (χ0) is 26.0. The van der Waals surface area contributed by atoms with Crippen molar-refractivity contribution in [3.05, 3.63) is 71.3 Å². The lowest BCUT2D eigenvalue weighted by atomic mass is 9.99. The summed E-state index contributed by atoms with van der Waals surface area (Å²) in [6.45, 7) is 1.73. The molecule has 6 N–H and O–H groups in total. The van der Waals surface area contributed by atoms with Gasteiger partial charge in [0, 0.05) is 30.9 Å². The third kappa shape index (κ3) is 9.58. The number of carbonyl (C=O) groups is 2. The van der Waals surface area contributed by atoms with E-state index in [4.69, 9.17) is 10.5 Å². The molecule has 1 aliphatic heterocycles. The van der Waals surface area contributed by atoms with E-state index < -0.39 is 19.7 Å². The fourth-order valence-electron chi connectivity index (χ4n) is 4.20. The zero-order valence-corrected chi connectivity index (χ0v) is 21.2. The number of carbonyl (C=O) groups excluding carboxylic acids is 2. The Morgan fingerprint density at radius 3 is 2.44 bits per heavy atom. The second-order valence-electron chi connectivity index (χ2n) is 9.20. The van der Waals surface area contributed by atoms with E-state index in [0.717, 1.165) is 24.1 Å². The fourth-order valence-corrected chi connectivity index (χ4v) is 4.79. The van der Waals surface area contributed by atoms with Gasteiger partial charge in [0.05, 0.1) is 12.6 Å². The van der Waals surface area contributed by atoms with Crippen molar-refractivity contribution in [3.63, 3.8) is 0 Å². The SMILES string of the molecule is N[C@@H](Cc1ccc(C(=O)C2CNCCO2)cc1)C(=O)N[C@H](CCCP(=O)(O)O)CCc1ccccc1. The van der Waals surface area contributed by atoms with Crippen LogP contribution in [0, 0.1) is 0 Å². The average Bonchev–Trinajstić information content (AvgIpc) is 2.87. The number of aryl methyl sites for hydroxylation is 1. The van der Waals surface area contributed by atoms with Crippen LogP contribution in [0.5, 0.6) is 0 Å². The Hall–Kier alpha value is -2.39. The van der Waals surface area contributed by atoms with E-state index in [1.807, 2.05) is 30.3 Å². The van der Waals surface area contributed by atoms with Crippen LogP contribution in [-0.4, -0.2) is 65.5 Å². The molecule has 10 heteroatoms. The molecule has 0 aliphatic carbocycles. The number of rotatable bonds is 13. The van der Waals surface area contributed by atoms with Crippen LogP contribution in [0.15, 0.2) is 54.6 Å². The molecule has 1 unspecified atom stereocenters. The summed E-state index contributed by atoms with van der Waals surface area (Å²) in [6.07, 6.45) is 1.71. The van der Waals surface area contributed by atoms with E-state index in [-0.39, 0.29) is 23.9 Å². The molecular formula is C26H36N3O6P. The first kappa shape index (κ1) is 28.2. The molecule has 2 aromatic carbocycles. The predicted molar refractivity (Wildman–Crippen MR) is 138 cm³/mol. The number of Topliss-reactive ketones (excluding diaryl/α,β-unsaturated/α-hetero) is 1. The molecular weight excluding hydrogens is 481 g/mol. The summed E-state index contributed by atoms with van der Waals surface area (Å²) in [6, 6.07) is 15.8. The maximum Gasteiger partial charge on any atom is 0.325 e. The molecule has 36 heavy (non-hydrogen) atoms. The van der Waals surface area contributed by atoms with E-state index >= 15 is 0 Å². The van der Waals surface area contributed by atoms with E-state index in [0.29, 0.717) is 44.4 Å². The highest BCUT2D eigenvalue weighted by Gasteiger charge is 2.24. The largest absolute Gasteiger partial charge is 0.367 e. The van der Waals surface area contributed by atoms with Crippen molar-refractivity contribution < 1.29 is 28.7 Å². The monoisotopic (exact) mass is 517 g/mol. The minimum atomic E-state index is -4.09. The van der Waals surface area contributed by atoms with Crippen molar-refractivity contribution in [1.82, 2.24) is 10.6 Å². The van der Waals surface area contributed by atoms with E-state index in [1.54, 1.807) is 24.3 Å². The van der Waals surface area contributed by atoms with Crippen molar-refractivity contribution >= 4 is 19.3 Å². The fraction of sp³-hybridized carbons (Fsp3) is 0.462. The van der Waals surface area contributed by atoms with Crippen LogP contribution in [0.2, 0.25) is 0 Å². The normalized spacial score (nSPS) is 17.8. The van der Waals surface area contributed by atoms with Gasteiger partial charge in [0.1, 0.15) is 6.10 Å². The van der Waals surface area contributed by atoms with E-state index in [1.165, 1.54) is 0 Å². The van der Waals surface area contributed by atoms with Crippen LogP contribution in [0.3, 0.4) is 0 Å². The van der Waals surface area contributed by atoms with Crippen molar-refractivity contribution in [2.45, 2.75) is 50.3 Å². The first-order chi connectivity index (χ1) is 17.2. The number of hydrogen-bond donors (Lipinski definition) is 5. The average molecular weight is 518 g/mol. The molecule has 0 radical (unpaired) electrons. The molecule has 1 fully saturated rings. The number of nitrogens with two attached hydrogens (primary N) is 1. The number of amides is 1. The lowest BCUT2D eigenvalue weighted by Gasteiger charge is -2.22. The van der Waals surface area contributed by atoms with Crippen LogP contribution in [0.1, 0.15) is 40.7 Å². The molecule has 1 saturated heterocycles. The topological polar surface area (TPSA) is 151 Å². The van der Waals surface area contributed by atoms with Crippen molar-refractivity contribution in [2.75, 3.05) is 25.9 Å². The second kappa shape index (κ2) is 13.8. The third-order valence-corrected chi connectivity index (χ3v) is 7.12. The zero-order valence-electron chi connectivity index (χ0n) is 20.3. The Morgan fingerprint density at radius 2 is 1.81 bits per heavy atom. The number of ketones is 1. The standard InChI is InChI=1S/C26H36N3O6P/c27-23(17-20-8-11-21(12-9-20)25(30)24-18-28-14-15-35-24)26(31)29-22(7-4-16-36(32,33)34)13-10-19-5-2-1-3-6-19/h1-3,5-6,8-9,11-12,22-24,28H,4,7,10,13-18,27H2,(H,29,31)(H2,32,33,34)/t22-,23+,24?/m1/s1. The summed E-state index contributed by atoms with van der Waals surface area (Å²) in [5.74, 6) is -0.390. The highest BCUT2D eigenvalue weighted by Crippen LogP contribution is 2.35. The number of nitrogens with one attached hydrogen (secondary N) is 2. The third-order valence-electron chi connectivity index (χ3n) is 6.22. The van der Waals surface area contributed by atoms with Gasteiger partial charge in [0.25, 0.3) is 0 Å². The van der Waals surface area contributed by atoms with Gasteiger partial charge in [-0.05, 0) is 43.2 Å². The Morgan fingerprint density at radius 1 is 1.08 bits per heavy atom. The van der Waals surface area contributed by atoms with Gasteiger partial charge in [0.2, 0.25) is 5.91 Å². The first-order valence-corrected chi connectivity index (χ1v) is 14.1. The number of ether oxygens (including phenoxy) is 1. The highest BCUT2D eigenvalue weighted by atomic mass is 31.2. The van der Waals surface area contributed by atoms with Gasteiger partial charge in [-0.1, -0.05) is 54.6 Å². The van der Waals surface area contributed by atoms with Crippen molar-refractivity contribution in [2.24, 2.45) is 5.73 Å². The quantitative estimate of drug-likeness (QED) is 0.199. The molecule has 3 rings (SSSR count). The van der Waals surface area contributed by atoms with Gasteiger partial charge < -0.3 is 30.9 Å². The first-order valence-electron chi connectivity index (χ1n) is 12.3. The van der Waals surface area contributed by atoms with Crippen LogP contribution in [0.25, 0.3) is 0 Å². The lowest BCUT2D eigenvalue weighted by Crippen LogP contribution is -2.46. The Labute approximate surface area is 212 Å². The molecule has 196 valence electrons. The van der Waals surface area contributed by atoms with Gasteiger partial charge in [-0.3, -0.25) is 14.2 Å². The molecule has 0 saturated carbocycles. The Kier molecular flexibility index (Phi) is 10.8. The molecule has 0 spiro atoms. The van der Waals surface area contributed by atoms with Gasteiger partial charge >= 0.3 is 7.60 Å². The van der Waals surface area contributed by atoms with Crippen LogP contribution in [0.4, 0.5) is 0 Å². The second-order valence-corrected chi connectivity index (χ2v) is 11.0. The molecule has 1 aliphatic rings. The highest BCUT2D eigenvalue weighted by molar-refractivity contribution is 7.51. The molecule has 1 heterocycles. The minimum absolute atomic E-state index is 0.0765. The summed E-state index contributed by atoms with van der Waals surface area (Å²) in [5, 5.41) is 6.12. The Bertz CT molecular complexity index is 1020. The summed E-state index contributed by atoms with van der Waals surface area (Å²) < 4.78 is 16.8. The number of morpholine rings is 1. The summed E-state index contributed by atoms with van der Waals surface area (Å²) in [5.41, 5.74) is 8.70.